The Kier molecular flexibility index (Phi) is 3.37. The number of amidine groups is 1. The van der Waals surface area contributed by atoms with Gasteiger partial charge in [-0.25, -0.2) is 0 Å². The van der Waals surface area contributed by atoms with Crippen LogP contribution in [0.3, 0.4) is 0 Å². The normalized spacial score (nSPS) is 38.1. The largest absolute Gasteiger partial charge is 0.362 e. The fourth-order valence-electron chi connectivity index (χ4n) is 2.25. The van der Waals surface area contributed by atoms with Crippen molar-refractivity contribution in [3.63, 3.8) is 0 Å². The summed E-state index contributed by atoms with van der Waals surface area (Å²) in [5.41, 5.74) is 0. The Balaban J connectivity index is 1.84. The summed E-state index contributed by atoms with van der Waals surface area (Å²) >= 11 is 1.90. The van der Waals surface area contributed by atoms with E-state index < -0.39 is 0 Å². The second kappa shape index (κ2) is 4.56. The van der Waals surface area contributed by atoms with E-state index in [1.54, 1.807) is 0 Å². The van der Waals surface area contributed by atoms with Crippen LogP contribution >= 0.6 is 11.8 Å². The van der Waals surface area contributed by atoms with Crippen LogP contribution in [-0.4, -0.2) is 23.0 Å². The molecule has 1 heterocycles. The van der Waals surface area contributed by atoms with Crippen LogP contribution in [0.25, 0.3) is 0 Å². The van der Waals surface area contributed by atoms with E-state index in [0.29, 0.717) is 11.3 Å². The first-order valence-corrected chi connectivity index (χ1v) is 6.61. The first kappa shape index (κ1) is 10.3. The molecule has 1 fully saturated rings. The molecule has 0 aromatic carbocycles. The molecule has 2 aliphatic rings. The maximum absolute atomic E-state index is 4.51. The Labute approximate surface area is 90.9 Å². The minimum absolute atomic E-state index is 0.677. The number of hydrogen-bond donors (Lipinski definition) is 1. The van der Waals surface area contributed by atoms with Crippen LogP contribution in [-0.2, 0) is 0 Å². The van der Waals surface area contributed by atoms with Gasteiger partial charge in [0.25, 0.3) is 0 Å². The molecule has 0 aromatic heterocycles. The number of aliphatic imine (C=N–C) groups is 1. The average Bonchev–Trinajstić information content (AvgIpc) is 2.56. The van der Waals surface area contributed by atoms with Gasteiger partial charge < -0.3 is 5.32 Å². The highest BCUT2D eigenvalue weighted by atomic mass is 32.2. The second-order valence-corrected chi connectivity index (χ2v) is 6.01. The summed E-state index contributed by atoms with van der Waals surface area (Å²) in [4.78, 5) is 4.51. The minimum atomic E-state index is 0.677. The Bertz CT molecular complexity index is 227. The fraction of sp³-hybridized carbons (Fsp3) is 0.909. The monoisotopic (exact) mass is 212 g/mol. The number of nitrogens with one attached hydrogen (secondary N) is 1. The molecule has 0 spiro atoms. The van der Waals surface area contributed by atoms with Crippen LogP contribution in [0, 0.1) is 5.92 Å². The molecule has 0 unspecified atom stereocenters. The average molecular weight is 212 g/mol. The van der Waals surface area contributed by atoms with Crippen molar-refractivity contribution < 1.29 is 0 Å². The third-order valence-corrected chi connectivity index (χ3v) is 4.25. The van der Waals surface area contributed by atoms with Crippen molar-refractivity contribution in [2.45, 2.75) is 50.8 Å². The maximum atomic E-state index is 4.51. The van der Waals surface area contributed by atoms with E-state index in [-0.39, 0.29) is 0 Å². The minimum Gasteiger partial charge on any atom is -0.362 e. The lowest BCUT2D eigenvalue weighted by Crippen LogP contribution is -2.39. The summed E-state index contributed by atoms with van der Waals surface area (Å²) < 4.78 is 0. The molecule has 3 heteroatoms. The van der Waals surface area contributed by atoms with Gasteiger partial charge in [0, 0.05) is 11.3 Å². The third-order valence-electron chi connectivity index (χ3n) is 3.23. The van der Waals surface area contributed by atoms with Gasteiger partial charge >= 0.3 is 0 Å². The van der Waals surface area contributed by atoms with Crippen molar-refractivity contribution in [3.8, 4) is 0 Å². The van der Waals surface area contributed by atoms with Crippen LogP contribution in [0.5, 0.6) is 0 Å². The summed E-state index contributed by atoms with van der Waals surface area (Å²) in [6.07, 6.45) is 5.51. The lowest BCUT2D eigenvalue weighted by atomic mass is 9.86. The van der Waals surface area contributed by atoms with Crippen molar-refractivity contribution in [2.75, 3.05) is 6.54 Å². The highest BCUT2D eigenvalue weighted by Crippen LogP contribution is 2.26. The van der Waals surface area contributed by atoms with Gasteiger partial charge in [0.15, 0.2) is 5.17 Å². The molecule has 0 amide bonds. The van der Waals surface area contributed by atoms with E-state index in [2.05, 4.69) is 24.2 Å². The van der Waals surface area contributed by atoms with Gasteiger partial charge in [-0.1, -0.05) is 38.5 Å². The summed E-state index contributed by atoms with van der Waals surface area (Å²) in [5, 5.41) is 5.48. The molecule has 1 aliphatic heterocycles. The van der Waals surface area contributed by atoms with Gasteiger partial charge in [-0.05, 0) is 18.8 Å². The van der Waals surface area contributed by atoms with E-state index in [0.717, 1.165) is 12.5 Å². The standard InChI is InChI=1S/C11H20N2S/c1-8-5-3-4-6-10(8)13-11-12-7-9(2)14-11/h8-10H,3-7H2,1-2H3,(H,12,13)/t8-,9+,10-/m1/s1. The smallest absolute Gasteiger partial charge is 0.157 e. The zero-order chi connectivity index (χ0) is 9.97. The molecule has 2 nitrogen and oxygen atoms in total. The molecule has 2 rings (SSSR count). The Morgan fingerprint density at radius 1 is 1.29 bits per heavy atom. The molecular weight excluding hydrogens is 192 g/mol. The summed E-state index contributed by atoms with van der Waals surface area (Å²) in [6.45, 7) is 5.60. The SMILES string of the molecule is C[C@@H]1CCCC[C@H]1NC1=NC[C@H](C)S1. The van der Waals surface area contributed by atoms with Crippen molar-refractivity contribution >= 4 is 16.9 Å². The zero-order valence-electron chi connectivity index (χ0n) is 9.12. The Hall–Kier alpha value is -0.180. The topological polar surface area (TPSA) is 24.4 Å². The lowest BCUT2D eigenvalue weighted by Gasteiger charge is -2.30. The molecule has 0 radical (unpaired) electrons. The van der Waals surface area contributed by atoms with Crippen molar-refractivity contribution in [2.24, 2.45) is 10.9 Å². The molecule has 0 aromatic rings. The fourth-order valence-corrected chi connectivity index (χ4v) is 3.14. The zero-order valence-corrected chi connectivity index (χ0v) is 9.94. The first-order valence-electron chi connectivity index (χ1n) is 5.73. The van der Waals surface area contributed by atoms with Crippen LogP contribution in [0.2, 0.25) is 0 Å². The third kappa shape index (κ3) is 2.44. The van der Waals surface area contributed by atoms with Crippen LogP contribution in [0.4, 0.5) is 0 Å². The molecule has 1 aliphatic carbocycles. The molecule has 0 bridgehead atoms. The molecule has 14 heavy (non-hydrogen) atoms. The summed E-state index contributed by atoms with van der Waals surface area (Å²) in [7, 11) is 0. The van der Waals surface area contributed by atoms with Crippen LogP contribution in [0.1, 0.15) is 39.5 Å². The molecule has 80 valence electrons. The van der Waals surface area contributed by atoms with Crippen molar-refractivity contribution in [3.05, 3.63) is 0 Å². The molecule has 0 saturated heterocycles. The van der Waals surface area contributed by atoms with E-state index in [9.17, 15) is 0 Å². The number of nitrogens with zero attached hydrogens (tertiary/aromatic N) is 1. The Morgan fingerprint density at radius 3 is 2.71 bits per heavy atom. The van der Waals surface area contributed by atoms with Crippen molar-refractivity contribution in [1.29, 1.82) is 0 Å². The van der Waals surface area contributed by atoms with Crippen LogP contribution in [0.15, 0.2) is 4.99 Å². The highest BCUT2D eigenvalue weighted by Gasteiger charge is 2.24. The summed E-state index contributed by atoms with van der Waals surface area (Å²) in [6, 6.07) is 0.681. The van der Waals surface area contributed by atoms with E-state index in [4.69, 9.17) is 0 Å². The molecule has 1 saturated carbocycles. The van der Waals surface area contributed by atoms with Gasteiger partial charge in [-0.3, -0.25) is 4.99 Å². The van der Waals surface area contributed by atoms with E-state index in [1.165, 1.54) is 30.9 Å². The van der Waals surface area contributed by atoms with Gasteiger partial charge in [-0.2, -0.15) is 0 Å². The van der Waals surface area contributed by atoms with Gasteiger partial charge in [-0.15, -0.1) is 0 Å². The quantitative estimate of drug-likeness (QED) is 0.722. The predicted molar refractivity (Wildman–Crippen MR) is 63.9 cm³/mol. The van der Waals surface area contributed by atoms with Gasteiger partial charge in [0.1, 0.15) is 0 Å². The van der Waals surface area contributed by atoms with Gasteiger partial charge in [0.2, 0.25) is 0 Å². The lowest BCUT2D eigenvalue weighted by molar-refractivity contribution is 0.310. The van der Waals surface area contributed by atoms with Crippen LogP contribution < -0.4 is 5.32 Å². The number of hydrogen-bond acceptors (Lipinski definition) is 3. The number of rotatable bonds is 1. The van der Waals surface area contributed by atoms with Crippen molar-refractivity contribution in [1.82, 2.24) is 5.32 Å². The second-order valence-electron chi connectivity index (χ2n) is 4.59. The molecular formula is C11H20N2S. The Morgan fingerprint density at radius 2 is 2.07 bits per heavy atom. The molecule has 1 N–H and O–H groups in total. The number of thioether (sulfide) groups is 1. The summed E-state index contributed by atoms with van der Waals surface area (Å²) in [5.74, 6) is 0.822. The highest BCUT2D eigenvalue weighted by molar-refractivity contribution is 8.14. The predicted octanol–water partition coefficient (Wildman–Crippen LogP) is 2.65. The first-order chi connectivity index (χ1) is 6.75. The van der Waals surface area contributed by atoms with Gasteiger partial charge in [0.05, 0.1) is 6.54 Å². The molecule has 3 atom stereocenters. The maximum Gasteiger partial charge on any atom is 0.157 e. The van der Waals surface area contributed by atoms with E-state index >= 15 is 0 Å². The van der Waals surface area contributed by atoms with E-state index in [1.807, 2.05) is 11.8 Å².